The van der Waals surface area contributed by atoms with Crippen molar-refractivity contribution in [2.45, 2.75) is 13.1 Å². The molecule has 0 unspecified atom stereocenters. The van der Waals surface area contributed by atoms with Gasteiger partial charge in [0, 0.05) is 18.3 Å². The maximum Gasteiger partial charge on any atom is 0.150 e. The summed E-state index contributed by atoms with van der Waals surface area (Å²) in [5.41, 5.74) is 9.27. The van der Waals surface area contributed by atoms with Gasteiger partial charge in [0.25, 0.3) is 0 Å². The molecule has 0 amide bonds. The smallest absolute Gasteiger partial charge is 0.150 e. The zero-order valence-electron chi connectivity index (χ0n) is 14.0. The SMILES string of the molecule is Nc1ccc(-c2cnn(CCO)c2)nc1NCc1nc2c(s1)NCC=C2. The van der Waals surface area contributed by atoms with Crippen molar-refractivity contribution in [3.05, 3.63) is 41.3 Å². The summed E-state index contributed by atoms with van der Waals surface area (Å²) in [4.78, 5) is 9.21. The van der Waals surface area contributed by atoms with Crippen molar-refractivity contribution in [1.29, 1.82) is 0 Å². The Morgan fingerprint density at radius 1 is 1.35 bits per heavy atom. The Kier molecular flexibility index (Phi) is 4.55. The molecule has 4 rings (SSSR count). The number of aromatic nitrogens is 4. The summed E-state index contributed by atoms with van der Waals surface area (Å²) >= 11 is 1.63. The molecule has 4 heterocycles. The number of thiazole rings is 1. The van der Waals surface area contributed by atoms with Crippen molar-refractivity contribution in [3.63, 3.8) is 0 Å². The van der Waals surface area contributed by atoms with E-state index in [-0.39, 0.29) is 6.61 Å². The summed E-state index contributed by atoms with van der Waals surface area (Å²) in [5.74, 6) is 0.620. The number of aliphatic hydroxyl groups excluding tert-OH is 1. The van der Waals surface area contributed by atoms with Crippen LogP contribution in [0.25, 0.3) is 17.3 Å². The topological polar surface area (TPSA) is 114 Å². The maximum absolute atomic E-state index is 9.00. The molecule has 8 nitrogen and oxygen atoms in total. The Hall–Kier alpha value is -2.91. The number of nitrogens with zero attached hydrogens (tertiary/aromatic N) is 4. The first-order valence-electron chi connectivity index (χ1n) is 8.27. The van der Waals surface area contributed by atoms with Gasteiger partial charge in [0.05, 0.1) is 43.0 Å². The standard InChI is InChI=1S/C17H19N7OS/c18-12-3-4-13(11-8-21-24(10-11)6-7-25)23-16(12)20-9-15-22-14-2-1-5-19-17(14)26-15/h1-4,8,10,19,25H,5-7,9,18H2,(H,20,23). The number of hydrogen-bond donors (Lipinski definition) is 4. The average molecular weight is 369 g/mol. The van der Waals surface area contributed by atoms with Crippen molar-refractivity contribution < 1.29 is 5.11 Å². The molecular formula is C17H19N7OS. The molecule has 0 radical (unpaired) electrons. The van der Waals surface area contributed by atoms with Crippen LogP contribution < -0.4 is 16.4 Å². The Bertz CT molecular complexity index is 946. The Labute approximate surface area is 154 Å². The van der Waals surface area contributed by atoms with Crippen LogP contribution in [0.1, 0.15) is 10.7 Å². The molecule has 0 spiro atoms. The minimum Gasteiger partial charge on any atom is -0.396 e. The lowest BCUT2D eigenvalue weighted by atomic mass is 10.2. The summed E-state index contributed by atoms with van der Waals surface area (Å²) < 4.78 is 1.68. The van der Waals surface area contributed by atoms with E-state index in [4.69, 9.17) is 10.8 Å². The van der Waals surface area contributed by atoms with Gasteiger partial charge < -0.3 is 21.5 Å². The number of nitrogens with one attached hydrogen (secondary N) is 2. The van der Waals surface area contributed by atoms with Gasteiger partial charge in [-0.15, -0.1) is 0 Å². The van der Waals surface area contributed by atoms with Gasteiger partial charge in [-0.25, -0.2) is 9.97 Å². The summed E-state index contributed by atoms with van der Waals surface area (Å²) in [6.45, 7) is 1.89. The number of rotatable bonds is 6. The van der Waals surface area contributed by atoms with Crippen LogP contribution in [0.5, 0.6) is 0 Å². The predicted octanol–water partition coefficient (Wildman–Crippen LogP) is 2.03. The fraction of sp³-hybridized carbons (Fsp3) is 0.235. The van der Waals surface area contributed by atoms with Crippen LogP contribution in [0, 0.1) is 0 Å². The third kappa shape index (κ3) is 3.39. The first kappa shape index (κ1) is 16.6. The first-order chi connectivity index (χ1) is 12.7. The van der Waals surface area contributed by atoms with Gasteiger partial charge in [-0.1, -0.05) is 17.4 Å². The largest absolute Gasteiger partial charge is 0.396 e. The van der Waals surface area contributed by atoms with E-state index in [9.17, 15) is 0 Å². The first-order valence-corrected chi connectivity index (χ1v) is 9.09. The molecule has 0 fully saturated rings. The third-order valence-electron chi connectivity index (χ3n) is 3.95. The molecule has 9 heteroatoms. The van der Waals surface area contributed by atoms with Crippen LogP contribution in [0.2, 0.25) is 0 Å². The van der Waals surface area contributed by atoms with Crippen molar-refractivity contribution in [2.24, 2.45) is 0 Å². The number of fused-ring (bicyclic) bond motifs is 1. The second-order valence-corrected chi connectivity index (χ2v) is 6.89. The second kappa shape index (κ2) is 7.14. The molecule has 1 aliphatic rings. The molecule has 1 aliphatic heterocycles. The van der Waals surface area contributed by atoms with E-state index in [0.29, 0.717) is 24.6 Å². The Morgan fingerprint density at radius 3 is 3.12 bits per heavy atom. The molecular weight excluding hydrogens is 350 g/mol. The molecule has 3 aromatic heterocycles. The summed E-state index contributed by atoms with van der Waals surface area (Å²) in [6.07, 6.45) is 7.67. The number of aliphatic hydroxyl groups is 1. The minimum absolute atomic E-state index is 0.0466. The molecule has 0 atom stereocenters. The second-order valence-electron chi connectivity index (χ2n) is 5.81. The van der Waals surface area contributed by atoms with Gasteiger partial charge in [0.1, 0.15) is 15.8 Å². The van der Waals surface area contributed by atoms with Crippen LogP contribution in [-0.2, 0) is 13.1 Å². The maximum atomic E-state index is 9.00. The van der Waals surface area contributed by atoms with Crippen molar-refractivity contribution >= 4 is 33.9 Å². The lowest BCUT2D eigenvalue weighted by Gasteiger charge is -2.08. The van der Waals surface area contributed by atoms with Gasteiger partial charge in [0.15, 0.2) is 0 Å². The minimum atomic E-state index is 0.0466. The van der Waals surface area contributed by atoms with Gasteiger partial charge in [-0.05, 0) is 18.2 Å². The van der Waals surface area contributed by atoms with Crippen molar-refractivity contribution in [2.75, 3.05) is 29.5 Å². The molecule has 3 aromatic rings. The monoisotopic (exact) mass is 369 g/mol. The normalized spacial score (nSPS) is 12.7. The van der Waals surface area contributed by atoms with Crippen molar-refractivity contribution in [1.82, 2.24) is 19.7 Å². The molecule has 0 aromatic carbocycles. The van der Waals surface area contributed by atoms with E-state index >= 15 is 0 Å². The molecule has 0 saturated carbocycles. The van der Waals surface area contributed by atoms with E-state index < -0.39 is 0 Å². The Balaban J connectivity index is 1.50. The average Bonchev–Trinajstić information content (AvgIpc) is 3.28. The molecule has 5 N–H and O–H groups in total. The van der Waals surface area contributed by atoms with Crippen LogP contribution in [0.15, 0.2) is 30.6 Å². The van der Waals surface area contributed by atoms with Gasteiger partial charge in [-0.3, -0.25) is 4.68 Å². The number of anilines is 3. The molecule has 0 bridgehead atoms. The van der Waals surface area contributed by atoms with E-state index in [1.54, 1.807) is 22.2 Å². The van der Waals surface area contributed by atoms with Crippen LogP contribution in [-0.4, -0.2) is 38.0 Å². The summed E-state index contributed by atoms with van der Waals surface area (Å²) in [7, 11) is 0. The van der Waals surface area contributed by atoms with Crippen LogP contribution in [0.3, 0.4) is 0 Å². The highest BCUT2D eigenvalue weighted by atomic mass is 32.1. The molecule has 134 valence electrons. The third-order valence-corrected chi connectivity index (χ3v) is 4.97. The molecule has 0 aliphatic carbocycles. The van der Waals surface area contributed by atoms with Gasteiger partial charge in [-0.2, -0.15) is 5.10 Å². The zero-order chi connectivity index (χ0) is 17.9. The lowest BCUT2D eigenvalue weighted by molar-refractivity contribution is 0.269. The number of nitrogens with two attached hydrogens (primary N) is 1. The highest BCUT2D eigenvalue weighted by Crippen LogP contribution is 2.29. The molecule has 26 heavy (non-hydrogen) atoms. The fourth-order valence-electron chi connectivity index (χ4n) is 2.67. The summed E-state index contributed by atoms with van der Waals surface area (Å²) in [6, 6.07) is 3.68. The number of nitrogen functional groups attached to an aromatic ring is 1. The van der Waals surface area contributed by atoms with Crippen LogP contribution in [0.4, 0.5) is 16.5 Å². The van der Waals surface area contributed by atoms with Gasteiger partial charge >= 0.3 is 0 Å². The van der Waals surface area contributed by atoms with Crippen molar-refractivity contribution in [3.8, 4) is 11.3 Å². The van der Waals surface area contributed by atoms with E-state index in [1.807, 2.05) is 24.4 Å². The quantitative estimate of drug-likeness (QED) is 0.526. The molecule has 0 saturated heterocycles. The summed E-state index contributed by atoms with van der Waals surface area (Å²) in [5, 5.41) is 21.9. The Morgan fingerprint density at radius 2 is 2.27 bits per heavy atom. The number of pyridine rings is 1. The van der Waals surface area contributed by atoms with E-state index in [0.717, 1.165) is 33.5 Å². The lowest BCUT2D eigenvalue weighted by Crippen LogP contribution is -2.05. The van der Waals surface area contributed by atoms with Gasteiger partial charge in [0.2, 0.25) is 0 Å². The van der Waals surface area contributed by atoms with Crippen LogP contribution >= 0.6 is 11.3 Å². The highest BCUT2D eigenvalue weighted by Gasteiger charge is 2.12. The van der Waals surface area contributed by atoms with E-state index in [2.05, 4.69) is 31.8 Å². The predicted molar refractivity (Wildman–Crippen MR) is 104 cm³/mol. The van der Waals surface area contributed by atoms with E-state index in [1.165, 1.54) is 0 Å². The number of hydrogen-bond acceptors (Lipinski definition) is 8. The highest BCUT2D eigenvalue weighted by molar-refractivity contribution is 7.16. The zero-order valence-corrected chi connectivity index (χ0v) is 14.8. The fourth-order valence-corrected chi connectivity index (χ4v) is 3.57.